The summed E-state index contributed by atoms with van der Waals surface area (Å²) in [5.41, 5.74) is 0. The van der Waals surface area contributed by atoms with E-state index < -0.39 is 20.0 Å². The Morgan fingerprint density at radius 2 is 0.813 bits per heavy atom. The smallest absolute Gasteiger partial charge is 0.387 e. The van der Waals surface area contributed by atoms with Crippen LogP contribution in [0.3, 0.4) is 0 Å². The summed E-state index contributed by atoms with van der Waals surface area (Å²) < 4.78 is 23.6. The highest BCUT2D eigenvalue weighted by atomic mass is 31.2. The molecule has 0 saturated heterocycles. The first-order valence-corrected chi connectivity index (χ1v) is 32.6. The lowest BCUT2D eigenvalue weighted by Gasteiger charge is -2.25. The van der Waals surface area contributed by atoms with E-state index in [1.165, 1.54) is 161 Å². The SMILES string of the molecule is CC/C=C\C/C=C\C/C=C\C/C=C\C/C=C\CCCCCCCCCCCCCCCCCCCCCCCCCCCC(=O)NC(COP(=O)(O)OCC[N+](C)(C)C)C(O)/C=C/CC/C=C/CC/C=C/CCCC. The number of rotatable bonds is 56. The molecule has 0 radical (unpaired) electrons. The largest absolute Gasteiger partial charge is 0.472 e. The molecule has 0 rings (SSSR count). The fraction of sp³-hybridized carbons (Fsp3) is 0.742. The number of phosphoric ester groups is 1. The van der Waals surface area contributed by atoms with Crippen molar-refractivity contribution in [2.45, 2.75) is 276 Å². The predicted octanol–water partition coefficient (Wildman–Crippen LogP) is 19.4. The van der Waals surface area contributed by atoms with Crippen LogP contribution in [-0.4, -0.2) is 73.4 Å². The summed E-state index contributed by atoms with van der Waals surface area (Å²) in [5.74, 6) is -0.191. The Bertz CT molecular complexity index is 1540. The highest BCUT2D eigenvalue weighted by Crippen LogP contribution is 2.43. The first kappa shape index (κ1) is 72.4. The Morgan fingerprint density at radius 1 is 0.467 bits per heavy atom. The van der Waals surface area contributed by atoms with Crippen molar-refractivity contribution in [1.82, 2.24) is 5.32 Å². The second-order valence-electron chi connectivity index (χ2n) is 22.0. The van der Waals surface area contributed by atoms with Crippen LogP contribution < -0.4 is 5.32 Å². The summed E-state index contributed by atoms with van der Waals surface area (Å²) in [7, 11) is 1.54. The fourth-order valence-corrected chi connectivity index (χ4v) is 9.41. The number of quaternary nitrogens is 1. The van der Waals surface area contributed by atoms with E-state index in [0.29, 0.717) is 17.4 Å². The summed E-state index contributed by atoms with van der Waals surface area (Å²) in [4.78, 5) is 23.2. The topological polar surface area (TPSA) is 105 Å². The summed E-state index contributed by atoms with van der Waals surface area (Å²) in [6.07, 6.45) is 81.3. The van der Waals surface area contributed by atoms with Crippen molar-refractivity contribution in [3.8, 4) is 0 Å². The number of phosphoric acid groups is 1. The molecule has 0 aliphatic rings. The molecule has 8 nitrogen and oxygen atoms in total. The van der Waals surface area contributed by atoms with E-state index in [4.69, 9.17) is 9.05 Å². The van der Waals surface area contributed by atoms with Crippen molar-refractivity contribution in [3.05, 3.63) is 97.2 Å². The Labute approximate surface area is 464 Å². The third-order valence-corrected chi connectivity index (χ3v) is 14.5. The molecule has 0 aromatic heterocycles. The van der Waals surface area contributed by atoms with Gasteiger partial charge >= 0.3 is 7.82 Å². The van der Waals surface area contributed by atoms with Crippen LogP contribution in [0.15, 0.2) is 97.2 Å². The number of likely N-dealkylation sites (N-methyl/N-ethyl adjacent to an activating group) is 1. The molecular formula is C66H120N2O6P+. The van der Waals surface area contributed by atoms with Crippen LogP contribution in [0.4, 0.5) is 0 Å². The lowest BCUT2D eigenvalue weighted by Crippen LogP contribution is -2.45. The fourth-order valence-electron chi connectivity index (χ4n) is 8.68. The van der Waals surface area contributed by atoms with Gasteiger partial charge in [-0.25, -0.2) is 4.57 Å². The number of nitrogens with zero attached hydrogens (tertiary/aromatic N) is 1. The summed E-state index contributed by atoms with van der Waals surface area (Å²) in [6.45, 7) is 4.62. The summed E-state index contributed by atoms with van der Waals surface area (Å²) in [5, 5.41) is 13.8. The molecule has 3 N–H and O–H groups in total. The van der Waals surface area contributed by atoms with Crippen molar-refractivity contribution < 1.29 is 32.9 Å². The van der Waals surface area contributed by atoms with Gasteiger partial charge in [-0.2, -0.15) is 0 Å². The minimum Gasteiger partial charge on any atom is -0.387 e. The number of carbonyl (C=O) groups excluding carboxylic acids is 1. The van der Waals surface area contributed by atoms with Crippen molar-refractivity contribution in [3.63, 3.8) is 0 Å². The first-order chi connectivity index (χ1) is 36.5. The van der Waals surface area contributed by atoms with Gasteiger partial charge in [0.15, 0.2) is 0 Å². The molecule has 3 unspecified atom stereocenters. The molecule has 434 valence electrons. The first-order valence-electron chi connectivity index (χ1n) is 31.1. The van der Waals surface area contributed by atoms with E-state index in [9.17, 15) is 19.4 Å². The van der Waals surface area contributed by atoms with Crippen LogP contribution in [0.1, 0.15) is 264 Å². The van der Waals surface area contributed by atoms with Crippen molar-refractivity contribution >= 4 is 13.7 Å². The average molecular weight is 1070 g/mol. The van der Waals surface area contributed by atoms with Gasteiger partial charge in [0.05, 0.1) is 39.9 Å². The highest BCUT2D eigenvalue weighted by molar-refractivity contribution is 7.47. The van der Waals surface area contributed by atoms with Gasteiger partial charge in [-0.3, -0.25) is 13.8 Å². The minimum atomic E-state index is -4.36. The number of amides is 1. The minimum absolute atomic E-state index is 0.0519. The van der Waals surface area contributed by atoms with Crippen LogP contribution in [0.2, 0.25) is 0 Å². The van der Waals surface area contributed by atoms with E-state index in [2.05, 4.69) is 104 Å². The lowest BCUT2D eigenvalue weighted by molar-refractivity contribution is -0.870. The Balaban J connectivity index is 3.88. The molecule has 0 aliphatic heterocycles. The Hall–Kier alpha value is -2.58. The van der Waals surface area contributed by atoms with Crippen LogP contribution in [0.5, 0.6) is 0 Å². The van der Waals surface area contributed by atoms with Crippen molar-refractivity contribution in [2.24, 2.45) is 0 Å². The second kappa shape index (κ2) is 56.2. The van der Waals surface area contributed by atoms with Gasteiger partial charge in [0.25, 0.3) is 0 Å². The number of carbonyl (C=O) groups is 1. The summed E-state index contributed by atoms with van der Waals surface area (Å²) in [6, 6.07) is -0.871. The zero-order chi connectivity index (χ0) is 54.9. The van der Waals surface area contributed by atoms with E-state index >= 15 is 0 Å². The maximum atomic E-state index is 13.0. The molecule has 0 aromatic rings. The Kier molecular flexibility index (Phi) is 54.2. The van der Waals surface area contributed by atoms with Crippen molar-refractivity contribution in [2.75, 3.05) is 40.9 Å². The number of aliphatic hydroxyl groups is 1. The molecule has 75 heavy (non-hydrogen) atoms. The van der Waals surface area contributed by atoms with Gasteiger partial charge in [0.1, 0.15) is 13.2 Å². The number of nitrogens with one attached hydrogen (secondary N) is 1. The lowest BCUT2D eigenvalue weighted by atomic mass is 10.0. The van der Waals surface area contributed by atoms with Crippen LogP contribution >= 0.6 is 7.82 Å². The zero-order valence-corrected chi connectivity index (χ0v) is 50.4. The molecule has 3 atom stereocenters. The molecular weight excluding hydrogens is 948 g/mol. The normalized spacial score (nSPS) is 14.5. The standard InChI is InChI=1S/C66H119N2O6P/c1-6-8-10-12-14-16-18-20-21-22-23-24-25-26-27-28-29-30-31-32-33-34-35-36-37-38-39-40-41-42-43-44-45-46-47-48-50-52-54-56-58-60-66(70)67-64(63-74-75(71,72)73-62-61-68(3,4)5)65(69)59-57-55-53-51-49-19-17-15-13-11-9-7-2/h8,10,13-16,20-21,23-24,26-27,49,51,57,59,64-65,69H,6-7,9,11-12,17-19,22,25,28-48,50,52-56,58,60-63H2,1-5H3,(H-,67,70,71,72)/p+1/b10-8-,15-13+,16-14-,21-20-,24-23-,27-26-,51-49+,59-57+. The van der Waals surface area contributed by atoms with E-state index in [1.54, 1.807) is 6.08 Å². The predicted molar refractivity (Wildman–Crippen MR) is 327 cm³/mol. The van der Waals surface area contributed by atoms with E-state index in [1.807, 2.05) is 27.2 Å². The maximum absolute atomic E-state index is 13.0. The van der Waals surface area contributed by atoms with Crippen LogP contribution in [0.25, 0.3) is 0 Å². The average Bonchev–Trinajstić information content (AvgIpc) is 3.37. The van der Waals surface area contributed by atoms with Gasteiger partial charge in [-0.05, 0) is 83.5 Å². The molecule has 0 spiro atoms. The Morgan fingerprint density at radius 3 is 1.23 bits per heavy atom. The van der Waals surface area contributed by atoms with Gasteiger partial charge < -0.3 is 19.8 Å². The third-order valence-electron chi connectivity index (χ3n) is 13.5. The maximum Gasteiger partial charge on any atom is 0.472 e. The molecule has 0 fully saturated rings. The number of aliphatic hydroxyl groups excluding tert-OH is 1. The number of allylic oxidation sites excluding steroid dienone is 15. The molecule has 1 amide bonds. The van der Waals surface area contributed by atoms with Gasteiger partial charge in [-0.1, -0.05) is 272 Å². The quantitative estimate of drug-likeness (QED) is 0.0243. The second-order valence-corrected chi connectivity index (χ2v) is 23.5. The van der Waals surface area contributed by atoms with Gasteiger partial charge in [0, 0.05) is 6.42 Å². The monoisotopic (exact) mass is 1070 g/mol. The van der Waals surface area contributed by atoms with E-state index in [-0.39, 0.29) is 19.1 Å². The van der Waals surface area contributed by atoms with E-state index in [0.717, 1.165) is 83.5 Å². The molecule has 0 heterocycles. The number of hydrogen-bond acceptors (Lipinski definition) is 5. The highest BCUT2D eigenvalue weighted by Gasteiger charge is 2.27. The van der Waals surface area contributed by atoms with Crippen LogP contribution in [0, 0.1) is 0 Å². The molecule has 0 bridgehead atoms. The third kappa shape index (κ3) is 58.9. The van der Waals surface area contributed by atoms with Crippen LogP contribution in [-0.2, 0) is 18.4 Å². The molecule has 0 aromatic carbocycles. The molecule has 0 aliphatic carbocycles. The molecule has 0 saturated carbocycles. The zero-order valence-electron chi connectivity index (χ0n) is 49.5. The number of hydrogen-bond donors (Lipinski definition) is 3. The molecule has 9 heteroatoms. The van der Waals surface area contributed by atoms with Crippen molar-refractivity contribution in [1.29, 1.82) is 0 Å². The number of unbranched alkanes of at least 4 members (excludes halogenated alkanes) is 29. The summed E-state index contributed by atoms with van der Waals surface area (Å²) >= 11 is 0. The van der Waals surface area contributed by atoms with Gasteiger partial charge in [0.2, 0.25) is 5.91 Å². The van der Waals surface area contributed by atoms with Gasteiger partial charge in [-0.15, -0.1) is 0 Å².